The monoisotopic (exact) mass is 273 g/mol. The van der Waals surface area contributed by atoms with Gasteiger partial charge in [0.1, 0.15) is 5.69 Å². The largest absolute Gasteiger partial charge is 0.463 e. The van der Waals surface area contributed by atoms with Crippen LogP contribution >= 0.6 is 11.3 Å². The van der Waals surface area contributed by atoms with E-state index in [1.54, 1.807) is 17.6 Å². The highest BCUT2D eigenvalue weighted by molar-refractivity contribution is 7.10. The molecule has 0 saturated carbocycles. The standard InChI is InChI=1S/C14H15N3OS/c1-2-5-17-8-11(15-10-17)7-14-16-12(9-19-14)13-4-3-6-18-13/h3-4,6,8-10H,2,5,7H2,1H3. The highest BCUT2D eigenvalue weighted by Crippen LogP contribution is 2.23. The zero-order chi connectivity index (χ0) is 13.1. The molecule has 0 aliphatic rings. The maximum absolute atomic E-state index is 5.34. The summed E-state index contributed by atoms with van der Waals surface area (Å²) in [5, 5.41) is 3.09. The molecule has 98 valence electrons. The van der Waals surface area contributed by atoms with E-state index in [1.165, 1.54) is 0 Å². The summed E-state index contributed by atoms with van der Waals surface area (Å²) < 4.78 is 7.46. The molecular weight excluding hydrogens is 258 g/mol. The summed E-state index contributed by atoms with van der Waals surface area (Å²) >= 11 is 1.64. The quantitative estimate of drug-likeness (QED) is 0.713. The number of furan rings is 1. The van der Waals surface area contributed by atoms with Crippen LogP contribution < -0.4 is 0 Å². The van der Waals surface area contributed by atoms with Gasteiger partial charge in [0.05, 0.1) is 23.3 Å². The lowest BCUT2D eigenvalue weighted by Gasteiger charge is -1.95. The summed E-state index contributed by atoms with van der Waals surface area (Å²) in [5.74, 6) is 0.819. The lowest BCUT2D eigenvalue weighted by molar-refractivity contribution is 0.580. The smallest absolute Gasteiger partial charge is 0.153 e. The molecule has 3 rings (SSSR count). The van der Waals surface area contributed by atoms with Gasteiger partial charge in [-0.2, -0.15) is 0 Å². The van der Waals surface area contributed by atoms with Gasteiger partial charge in [-0.25, -0.2) is 9.97 Å². The van der Waals surface area contributed by atoms with Crippen LogP contribution in [-0.2, 0) is 13.0 Å². The molecule has 0 aromatic carbocycles. The van der Waals surface area contributed by atoms with E-state index in [1.807, 2.05) is 23.8 Å². The predicted octanol–water partition coefficient (Wildman–Crippen LogP) is 3.60. The van der Waals surface area contributed by atoms with E-state index >= 15 is 0 Å². The third-order valence-corrected chi connectivity index (χ3v) is 3.68. The lowest BCUT2D eigenvalue weighted by atomic mass is 10.3. The van der Waals surface area contributed by atoms with Crippen molar-refractivity contribution in [1.82, 2.24) is 14.5 Å². The Morgan fingerprint density at radius 3 is 3.16 bits per heavy atom. The molecular formula is C14H15N3OS. The number of imidazole rings is 1. The molecule has 4 nitrogen and oxygen atoms in total. The molecule has 3 heterocycles. The topological polar surface area (TPSA) is 43.9 Å². The van der Waals surface area contributed by atoms with E-state index < -0.39 is 0 Å². The van der Waals surface area contributed by atoms with Crippen molar-refractivity contribution in [3.8, 4) is 11.5 Å². The normalized spacial score (nSPS) is 11.0. The number of aryl methyl sites for hydroxylation is 1. The summed E-state index contributed by atoms with van der Waals surface area (Å²) in [4.78, 5) is 8.99. The first-order valence-corrected chi connectivity index (χ1v) is 7.22. The zero-order valence-electron chi connectivity index (χ0n) is 10.7. The molecule has 5 heteroatoms. The van der Waals surface area contributed by atoms with Gasteiger partial charge in [0.25, 0.3) is 0 Å². The van der Waals surface area contributed by atoms with Gasteiger partial charge in [0, 0.05) is 24.5 Å². The summed E-state index contributed by atoms with van der Waals surface area (Å²) in [5.41, 5.74) is 1.96. The summed E-state index contributed by atoms with van der Waals surface area (Å²) in [7, 11) is 0. The fourth-order valence-corrected chi connectivity index (χ4v) is 2.76. The maximum atomic E-state index is 5.34. The van der Waals surface area contributed by atoms with Crippen molar-refractivity contribution in [2.24, 2.45) is 0 Å². The Kier molecular flexibility index (Phi) is 3.46. The van der Waals surface area contributed by atoms with Crippen LogP contribution in [0.2, 0.25) is 0 Å². The van der Waals surface area contributed by atoms with Gasteiger partial charge in [0.2, 0.25) is 0 Å². The SMILES string of the molecule is CCCn1cnc(Cc2nc(-c3ccco3)cs2)c1. The second-order valence-electron chi connectivity index (χ2n) is 4.38. The highest BCUT2D eigenvalue weighted by atomic mass is 32.1. The highest BCUT2D eigenvalue weighted by Gasteiger charge is 2.08. The molecule has 19 heavy (non-hydrogen) atoms. The predicted molar refractivity (Wildman–Crippen MR) is 75.1 cm³/mol. The second kappa shape index (κ2) is 5.40. The van der Waals surface area contributed by atoms with Crippen LogP contribution in [0.1, 0.15) is 24.0 Å². The molecule has 0 aliphatic carbocycles. The van der Waals surface area contributed by atoms with Crippen molar-refractivity contribution in [3.05, 3.63) is 47.0 Å². The molecule has 0 unspecified atom stereocenters. The number of hydrogen-bond acceptors (Lipinski definition) is 4. The zero-order valence-corrected chi connectivity index (χ0v) is 11.6. The third kappa shape index (κ3) is 2.76. The van der Waals surface area contributed by atoms with Crippen molar-refractivity contribution in [3.63, 3.8) is 0 Å². The van der Waals surface area contributed by atoms with Crippen LogP contribution in [0.5, 0.6) is 0 Å². The average Bonchev–Trinajstić information content (AvgIpc) is 3.10. The lowest BCUT2D eigenvalue weighted by Crippen LogP contribution is -1.92. The first-order chi connectivity index (χ1) is 9.35. The van der Waals surface area contributed by atoms with Crippen molar-refractivity contribution < 1.29 is 4.42 Å². The number of nitrogens with zero attached hydrogens (tertiary/aromatic N) is 3. The Labute approximate surface area is 115 Å². The molecule has 0 N–H and O–H groups in total. The molecule has 3 aromatic heterocycles. The van der Waals surface area contributed by atoms with Crippen molar-refractivity contribution >= 4 is 11.3 Å². The number of rotatable bonds is 5. The Hall–Kier alpha value is -1.88. The van der Waals surface area contributed by atoms with Crippen molar-refractivity contribution in [2.45, 2.75) is 26.3 Å². The van der Waals surface area contributed by atoms with Gasteiger partial charge in [-0.3, -0.25) is 0 Å². The van der Waals surface area contributed by atoms with Crippen molar-refractivity contribution in [2.75, 3.05) is 0 Å². The van der Waals surface area contributed by atoms with Crippen molar-refractivity contribution in [1.29, 1.82) is 0 Å². The maximum Gasteiger partial charge on any atom is 0.153 e. The minimum atomic E-state index is 0.780. The molecule has 0 amide bonds. The van der Waals surface area contributed by atoms with Gasteiger partial charge >= 0.3 is 0 Å². The van der Waals surface area contributed by atoms with Crippen LogP contribution in [0.15, 0.2) is 40.7 Å². The van der Waals surface area contributed by atoms with E-state index in [4.69, 9.17) is 4.42 Å². The Bertz CT molecular complexity index is 639. The van der Waals surface area contributed by atoms with Gasteiger partial charge < -0.3 is 8.98 Å². The van der Waals surface area contributed by atoms with Crippen LogP contribution in [0.4, 0.5) is 0 Å². The van der Waals surface area contributed by atoms with Crippen LogP contribution in [-0.4, -0.2) is 14.5 Å². The van der Waals surface area contributed by atoms with Gasteiger partial charge in [-0.1, -0.05) is 6.92 Å². The van der Waals surface area contributed by atoms with E-state index in [0.29, 0.717) is 0 Å². The minimum absolute atomic E-state index is 0.780. The minimum Gasteiger partial charge on any atom is -0.463 e. The molecule has 0 aliphatic heterocycles. The van der Waals surface area contributed by atoms with E-state index in [-0.39, 0.29) is 0 Å². The molecule has 0 spiro atoms. The van der Waals surface area contributed by atoms with Gasteiger partial charge in [-0.05, 0) is 18.6 Å². The second-order valence-corrected chi connectivity index (χ2v) is 5.33. The Morgan fingerprint density at radius 1 is 1.42 bits per heavy atom. The van der Waals surface area contributed by atoms with E-state index in [9.17, 15) is 0 Å². The number of aromatic nitrogens is 3. The van der Waals surface area contributed by atoms with Gasteiger partial charge in [0.15, 0.2) is 5.76 Å². The Balaban J connectivity index is 1.72. The first kappa shape index (κ1) is 12.2. The van der Waals surface area contributed by atoms with Gasteiger partial charge in [-0.15, -0.1) is 11.3 Å². The molecule has 0 atom stereocenters. The molecule has 3 aromatic rings. The third-order valence-electron chi connectivity index (χ3n) is 2.83. The fourth-order valence-electron chi connectivity index (χ4n) is 1.96. The molecule has 0 fully saturated rings. The summed E-state index contributed by atoms with van der Waals surface area (Å²) in [6.45, 7) is 3.18. The number of thiazole rings is 1. The van der Waals surface area contributed by atoms with E-state index in [2.05, 4.69) is 27.7 Å². The van der Waals surface area contributed by atoms with Crippen LogP contribution in [0.3, 0.4) is 0 Å². The molecule has 0 bridgehead atoms. The fraction of sp³-hybridized carbons (Fsp3) is 0.286. The summed E-state index contributed by atoms with van der Waals surface area (Å²) in [6.07, 6.45) is 7.55. The van der Waals surface area contributed by atoms with Crippen LogP contribution in [0.25, 0.3) is 11.5 Å². The molecule has 0 saturated heterocycles. The first-order valence-electron chi connectivity index (χ1n) is 6.34. The summed E-state index contributed by atoms with van der Waals surface area (Å²) in [6, 6.07) is 3.80. The molecule has 0 radical (unpaired) electrons. The Morgan fingerprint density at radius 2 is 2.37 bits per heavy atom. The number of hydrogen-bond donors (Lipinski definition) is 0. The average molecular weight is 273 g/mol. The van der Waals surface area contributed by atoms with E-state index in [0.717, 1.165) is 41.5 Å². The van der Waals surface area contributed by atoms with Crippen LogP contribution in [0, 0.1) is 0 Å².